The second-order valence-electron chi connectivity index (χ2n) is 9.59. The maximum Gasteiger partial charge on any atom is 0.308 e. The summed E-state index contributed by atoms with van der Waals surface area (Å²) in [7, 11) is 4.60. The van der Waals surface area contributed by atoms with E-state index >= 15 is 0 Å². The zero-order chi connectivity index (χ0) is 24.8. The van der Waals surface area contributed by atoms with Crippen molar-refractivity contribution in [2.45, 2.75) is 89.7 Å². The zero-order valence-electron chi connectivity index (χ0n) is 21.3. The quantitative estimate of drug-likeness (QED) is 0.203. The van der Waals surface area contributed by atoms with Crippen LogP contribution in [0, 0.1) is 11.8 Å². The average Bonchev–Trinajstić information content (AvgIpc) is 3.43. The van der Waals surface area contributed by atoms with Crippen LogP contribution in [-0.4, -0.2) is 74.6 Å². The summed E-state index contributed by atoms with van der Waals surface area (Å²) in [6.07, 6.45) is 9.62. The Bertz CT molecular complexity index is 728. The van der Waals surface area contributed by atoms with Crippen molar-refractivity contribution in [1.29, 1.82) is 0 Å². The summed E-state index contributed by atoms with van der Waals surface area (Å²) in [5.41, 5.74) is 0.832. The Hall–Kier alpha value is -1.51. The number of methoxy groups -OCH3 is 3. The van der Waals surface area contributed by atoms with Crippen molar-refractivity contribution in [3.05, 3.63) is 36.0 Å². The fraction of sp³-hybridized carbons (Fsp3) is 0.731. The van der Waals surface area contributed by atoms with E-state index < -0.39 is 6.10 Å². The molecule has 1 N–H and O–H groups in total. The van der Waals surface area contributed by atoms with Crippen molar-refractivity contribution >= 4 is 5.97 Å². The lowest BCUT2D eigenvalue weighted by Crippen LogP contribution is -2.38. The summed E-state index contributed by atoms with van der Waals surface area (Å²) in [6.45, 7) is 10.1. The number of allylic oxidation sites excluding steroid dienone is 3. The fourth-order valence-corrected chi connectivity index (χ4v) is 4.85. The van der Waals surface area contributed by atoms with Crippen molar-refractivity contribution in [3.63, 3.8) is 0 Å². The molecule has 9 atom stereocenters. The predicted molar refractivity (Wildman–Crippen MR) is 127 cm³/mol. The number of carbonyl (C=O) groups excluding carboxylic acids is 1. The third kappa shape index (κ3) is 7.49. The van der Waals surface area contributed by atoms with E-state index in [9.17, 15) is 9.90 Å². The maximum absolute atomic E-state index is 11.7. The molecule has 7 nitrogen and oxygen atoms in total. The number of esters is 1. The van der Waals surface area contributed by atoms with E-state index in [0.717, 1.165) is 12.0 Å². The van der Waals surface area contributed by atoms with Crippen LogP contribution in [0.5, 0.6) is 0 Å². The number of ether oxygens (including phenoxy) is 5. The molecule has 0 aromatic rings. The van der Waals surface area contributed by atoms with Crippen LogP contribution in [0.4, 0.5) is 0 Å². The lowest BCUT2D eigenvalue weighted by molar-refractivity contribution is -0.147. The van der Waals surface area contributed by atoms with Crippen molar-refractivity contribution in [3.8, 4) is 0 Å². The molecule has 188 valence electrons. The topological polar surface area (TPSA) is 86.8 Å². The number of aliphatic hydroxyl groups excluding tert-OH is 1. The van der Waals surface area contributed by atoms with Gasteiger partial charge in [0, 0.05) is 20.1 Å². The molecule has 2 aliphatic heterocycles. The van der Waals surface area contributed by atoms with Gasteiger partial charge in [-0.3, -0.25) is 4.79 Å². The van der Waals surface area contributed by atoms with Gasteiger partial charge in [0.15, 0.2) is 0 Å². The standard InChI is InChI=1S/C26H42O7/c1-16(15-26(5)25(33-26)18(3)24(31-8)19(4)27)10-9-11-17(2)20-12-13-21(29-6)22(32-20)14-23(28)30-7/h9-13,16,18-22,24-25,27H,14-15H2,1-8H3/b10-9+,17-11+/t16-,18-,19-,20+,21+,22+,24-,25-,26-/m1/s1. The van der Waals surface area contributed by atoms with E-state index in [1.54, 1.807) is 21.1 Å². The number of aliphatic hydroxyl groups is 1. The lowest BCUT2D eigenvalue weighted by atomic mass is 9.86. The Morgan fingerprint density at radius 2 is 1.91 bits per heavy atom. The normalized spacial score (nSPS) is 33.5. The molecule has 0 unspecified atom stereocenters. The molecule has 0 aromatic carbocycles. The highest BCUT2D eigenvalue weighted by molar-refractivity contribution is 5.70. The molecule has 0 aliphatic carbocycles. The van der Waals surface area contributed by atoms with Crippen LogP contribution < -0.4 is 0 Å². The molecule has 0 saturated carbocycles. The van der Waals surface area contributed by atoms with E-state index in [1.807, 2.05) is 31.2 Å². The highest BCUT2D eigenvalue weighted by Crippen LogP contribution is 2.47. The monoisotopic (exact) mass is 466 g/mol. The third-order valence-corrected chi connectivity index (χ3v) is 6.69. The largest absolute Gasteiger partial charge is 0.469 e. The minimum absolute atomic E-state index is 0.0754. The highest BCUT2D eigenvalue weighted by atomic mass is 16.6. The van der Waals surface area contributed by atoms with Gasteiger partial charge in [-0.2, -0.15) is 0 Å². The highest BCUT2D eigenvalue weighted by Gasteiger charge is 2.56. The summed E-state index contributed by atoms with van der Waals surface area (Å²) in [5.74, 6) is 0.110. The molecule has 0 amide bonds. The summed E-state index contributed by atoms with van der Waals surface area (Å²) >= 11 is 0. The van der Waals surface area contributed by atoms with E-state index in [0.29, 0.717) is 5.92 Å². The Balaban J connectivity index is 1.91. The second kappa shape index (κ2) is 12.3. The first kappa shape index (κ1) is 27.7. The summed E-state index contributed by atoms with van der Waals surface area (Å²) < 4.78 is 27.8. The molecule has 7 heteroatoms. The Labute approximate surface area is 198 Å². The van der Waals surface area contributed by atoms with Crippen molar-refractivity contribution in [2.24, 2.45) is 11.8 Å². The molecular formula is C26H42O7. The molecule has 33 heavy (non-hydrogen) atoms. The minimum atomic E-state index is -0.536. The number of epoxide rings is 1. The van der Waals surface area contributed by atoms with Gasteiger partial charge in [-0.25, -0.2) is 0 Å². The number of rotatable bonds is 12. The molecule has 0 spiro atoms. The van der Waals surface area contributed by atoms with Crippen LogP contribution >= 0.6 is 0 Å². The number of hydrogen-bond donors (Lipinski definition) is 1. The third-order valence-electron chi connectivity index (χ3n) is 6.69. The van der Waals surface area contributed by atoms with Crippen LogP contribution in [0.2, 0.25) is 0 Å². The summed E-state index contributed by atoms with van der Waals surface area (Å²) in [4.78, 5) is 11.7. The molecule has 2 aliphatic rings. The predicted octanol–water partition coefficient (Wildman–Crippen LogP) is 3.61. The lowest BCUT2D eigenvalue weighted by Gasteiger charge is -2.31. The van der Waals surface area contributed by atoms with Crippen molar-refractivity contribution < 1.29 is 33.6 Å². The first-order valence-corrected chi connectivity index (χ1v) is 11.7. The molecule has 0 aromatic heterocycles. The van der Waals surface area contributed by atoms with E-state index in [1.165, 1.54) is 7.11 Å². The average molecular weight is 467 g/mol. The summed E-state index contributed by atoms with van der Waals surface area (Å²) in [6, 6.07) is 0. The Morgan fingerprint density at radius 1 is 1.21 bits per heavy atom. The van der Waals surface area contributed by atoms with Crippen molar-refractivity contribution in [2.75, 3.05) is 21.3 Å². The van der Waals surface area contributed by atoms with Gasteiger partial charge < -0.3 is 28.8 Å². The van der Waals surface area contributed by atoms with Crippen LogP contribution in [0.15, 0.2) is 36.0 Å². The zero-order valence-corrected chi connectivity index (χ0v) is 21.3. The molecule has 0 bridgehead atoms. The smallest absolute Gasteiger partial charge is 0.308 e. The summed E-state index contributed by atoms with van der Waals surface area (Å²) in [5, 5.41) is 9.94. The first-order chi connectivity index (χ1) is 15.6. The van der Waals surface area contributed by atoms with Crippen LogP contribution in [0.3, 0.4) is 0 Å². The maximum atomic E-state index is 11.7. The molecule has 1 saturated heterocycles. The van der Waals surface area contributed by atoms with Gasteiger partial charge in [0.2, 0.25) is 0 Å². The van der Waals surface area contributed by atoms with Gasteiger partial charge in [0.1, 0.15) is 6.10 Å². The molecule has 0 radical (unpaired) electrons. The van der Waals surface area contributed by atoms with E-state index in [4.69, 9.17) is 23.7 Å². The van der Waals surface area contributed by atoms with Crippen LogP contribution in [0.1, 0.15) is 47.5 Å². The first-order valence-electron chi connectivity index (χ1n) is 11.7. The molecule has 2 heterocycles. The number of hydrogen-bond acceptors (Lipinski definition) is 7. The van der Waals surface area contributed by atoms with Gasteiger partial charge in [-0.05, 0) is 38.7 Å². The van der Waals surface area contributed by atoms with Crippen molar-refractivity contribution in [1.82, 2.24) is 0 Å². The fourth-order valence-electron chi connectivity index (χ4n) is 4.85. The second-order valence-corrected chi connectivity index (χ2v) is 9.59. The van der Waals surface area contributed by atoms with Gasteiger partial charge in [-0.15, -0.1) is 0 Å². The molecule has 2 rings (SSSR count). The van der Waals surface area contributed by atoms with Gasteiger partial charge in [-0.1, -0.05) is 44.2 Å². The minimum Gasteiger partial charge on any atom is -0.469 e. The van der Waals surface area contributed by atoms with Gasteiger partial charge in [0.25, 0.3) is 0 Å². The SMILES string of the molecule is COC(=O)C[C@@H]1O[C@H](/C(C)=C/C=C/[C@@H](C)C[C@@]2(C)O[C@@H]2[C@H](C)[C@@H](OC)[C@@H](C)O)C=C[C@@H]1OC. The molecular weight excluding hydrogens is 424 g/mol. The van der Waals surface area contributed by atoms with Crippen LogP contribution in [0.25, 0.3) is 0 Å². The number of carbonyl (C=O) groups is 1. The van der Waals surface area contributed by atoms with Gasteiger partial charge in [0.05, 0.1) is 49.7 Å². The van der Waals surface area contributed by atoms with E-state index in [2.05, 4.69) is 26.8 Å². The van der Waals surface area contributed by atoms with E-state index in [-0.39, 0.29) is 54.4 Å². The van der Waals surface area contributed by atoms with Gasteiger partial charge >= 0.3 is 5.97 Å². The Morgan fingerprint density at radius 3 is 2.48 bits per heavy atom. The molecule has 1 fully saturated rings. The van der Waals surface area contributed by atoms with Crippen LogP contribution in [-0.2, 0) is 28.5 Å². The Kier molecular flexibility index (Phi) is 10.3.